The number of hydrogen-bond acceptors (Lipinski definition) is 15. The first kappa shape index (κ1) is 56.2. The highest BCUT2D eigenvalue weighted by Crippen LogP contribution is 2.35. The van der Waals surface area contributed by atoms with E-state index in [0.717, 1.165) is 17.7 Å². The lowest BCUT2D eigenvalue weighted by molar-refractivity contribution is -0.144. The van der Waals surface area contributed by atoms with E-state index in [2.05, 4.69) is 33.2 Å². The maximum absolute atomic E-state index is 14.6. The summed E-state index contributed by atoms with van der Waals surface area (Å²) in [6.07, 6.45) is -2.19. The second-order valence-corrected chi connectivity index (χ2v) is 18.7. The van der Waals surface area contributed by atoms with Crippen molar-refractivity contribution in [2.45, 2.75) is 127 Å². The fourth-order valence-electron chi connectivity index (χ4n) is 8.17. The van der Waals surface area contributed by atoms with Crippen LogP contribution in [0.2, 0.25) is 0 Å². The third kappa shape index (κ3) is 16.3. The van der Waals surface area contributed by atoms with Crippen molar-refractivity contribution in [1.82, 2.24) is 31.5 Å². The monoisotopic (exact) mass is 961 g/mol. The molecule has 0 radical (unpaired) electrons. The van der Waals surface area contributed by atoms with Crippen molar-refractivity contribution >= 4 is 64.5 Å². The van der Waals surface area contributed by atoms with Gasteiger partial charge in [0, 0.05) is 55.0 Å². The number of unbranched alkanes of at least 4 members (excludes halogenated alkanes) is 1. The first-order valence-electron chi connectivity index (χ1n) is 22.7. The number of aliphatic hydroxyl groups is 3. The minimum atomic E-state index is -1.76. The Hall–Kier alpha value is -5.13. The number of nitrogens with one attached hydrogen (secondary N) is 5. The maximum Gasteiger partial charge on any atom is 0.246 e. The number of nitrogens with two attached hydrogens (primary N) is 3. The van der Waals surface area contributed by atoms with Crippen LogP contribution in [-0.4, -0.2) is 153 Å². The second-order valence-electron chi connectivity index (χ2n) is 17.6. The molecule has 10 atom stereocenters. The third-order valence-electron chi connectivity index (χ3n) is 12.3. The topological polar surface area (TPSA) is 359 Å². The molecule has 1 aromatic rings. The molecule has 0 aromatic heterocycles. The number of aliphatic hydroxyl groups excluding tert-OH is 3. The van der Waals surface area contributed by atoms with Gasteiger partial charge in [-0.2, -0.15) is 11.8 Å². The number of aromatic hydroxyl groups is 1. The number of rotatable bonds is 20. The van der Waals surface area contributed by atoms with Gasteiger partial charge >= 0.3 is 0 Å². The predicted molar refractivity (Wildman–Crippen MR) is 250 cm³/mol. The van der Waals surface area contributed by atoms with Crippen LogP contribution in [0.4, 0.5) is 0 Å². The Balaban J connectivity index is 2.22. The quantitative estimate of drug-likeness (QED) is 0.0618. The molecule has 0 bridgehead atoms. The molecular formula is C45H71N9O12S. The maximum atomic E-state index is 14.6. The second kappa shape index (κ2) is 27.0. The van der Waals surface area contributed by atoms with E-state index in [1.165, 1.54) is 24.8 Å². The SMILES string of the molecule is C=C1C[C@@H](C)NC(=O)C([C@@H](C)C(O)CO)NC(=O)C2C[C@@H](O)CN2C(=O)C(CC(N)=O)NC(=O)[C@@H](NC(=O)CNC(=O)[C@@H](CC(=O)CN)C(C)CC)Cc2c1ccc(O)c2CSCCCCN. The van der Waals surface area contributed by atoms with Crippen LogP contribution in [0.1, 0.15) is 89.3 Å². The van der Waals surface area contributed by atoms with Crippen molar-refractivity contribution in [3.63, 3.8) is 0 Å². The van der Waals surface area contributed by atoms with Crippen molar-refractivity contribution in [3.8, 4) is 5.75 Å². The van der Waals surface area contributed by atoms with Crippen molar-refractivity contribution < 1.29 is 58.8 Å². The zero-order chi connectivity index (χ0) is 50.1. The van der Waals surface area contributed by atoms with Crippen LogP contribution in [0.5, 0.6) is 5.75 Å². The van der Waals surface area contributed by atoms with Crippen LogP contribution in [0, 0.1) is 17.8 Å². The number of carbonyl (C=O) groups is 8. The highest BCUT2D eigenvalue weighted by atomic mass is 32.2. The highest BCUT2D eigenvalue weighted by molar-refractivity contribution is 7.98. The molecule has 15 N–H and O–H groups in total. The standard InChI is InChI=1S/C45H71N9O12S/c1-6-23(2)30(14-27(56)18-47)41(62)49-19-39(61)51-33-16-31-29(9-10-36(58)32(31)22-67-12-8-7-11-46)24(3)13-25(4)50-44(65)40(26(5)37(59)21-55)53-43(64)35-15-28(57)20-54(35)45(66)34(17-38(48)60)52-42(33)63/h9-10,23,25-26,28,30,33-35,37,40,55,57-59H,3,6-8,11-22,46-47H2,1-2,4-5H3,(H2,48,60)(H,49,62)(H,50,65)(H,51,61)(H,52,63)(H,53,64)/t23?,25-,26+,28-,30+,33+,34?,35?,37?,40?/m1/s1. The minimum absolute atomic E-state index is 0.0707. The molecule has 67 heavy (non-hydrogen) atoms. The summed E-state index contributed by atoms with van der Waals surface area (Å²) in [4.78, 5) is 110. The third-order valence-corrected chi connectivity index (χ3v) is 13.4. The lowest BCUT2D eigenvalue weighted by Crippen LogP contribution is -2.60. The molecule has 7 amide bonds. The number of thioether (sulfide) groups is 1. The fraction of sp³-hybridized carbons (Fsp3) is 0.644. The molecule has 374 valence electrons. The van der Waals surface area contributed by atoms with E-state index >= 15 is 0 Å². The van der Waals surface area contributed by atoms with Gasteiger partial charge < -0.3 is 69.1 Å². The molecule has 2 aliphatic rings. The van der Waals surface area contributed by atoms with Gasteiger partial charge in [0.1, 0.15) is 35.7 Å². The lowest BCUT2D eigenvalue weighted by atomic mass is 9.86. The Morgan fingerprint density at radius 3 is 2.34 bits per heavy atom. The Bertz CT molecular complexity index is 1960. The van der Waals surface area contributed by atoms with Gasteiger partial charge in [-0.1, -0.05) is 39.8 Å². The first-order valence-corrected chi connectivity index (χ1v) is 23.9. The average Bonchev–Trinajstić information content (AvgIpc) is 3.68. The summed E-state index contributed by atoms with van der Waals surface area (Å²) in [5, 5.41) is 55.6. The molecular weight excluding hydrogens is 891 g/mol. The number of phenolic OH excluding ortho intramolecular Hbond substituents is 1. The number of benzene rings is 1. The smallest absolute Gasteiger partial charge is 0.246 e. The number of Topliss-reactive ketones (excluding diaryl/α,β-unsaturated/α-hetero) is 1. The minimum Gasteiger partial charge on any atom is -0.508 e. The van der Waals surface area contributed by atoms with Crippen LogP contribution in [0.15, 0.2) is 18.7 Å². The summed E-state index contributed by atoms with van der Waals surface area (Å²) < 4.78 is 0. The van der Waals surface area contributed by atoms with Gasteiger partial charge in [0.05, 0.1) is 38.3 Å². The summed E-state index contributed by atoms with van der Waals surface area (Å²) >= 11 is 1.48. The molecule has 3 rings (SSSR count). The summed E-state index contributed by atoms with van der Waals surface area (Å²) in [5.41, 5.74) is 18.4. The molecule has 21 nitrogen and oxygen atoms in total. The molecule has 22 heteroatoms. The number of fused-ring (bicyclic) bond motifs is 2. The van der Waals surface area contributed by atoms with Crippen LogP contribution >= 0.6 is 11.8 Å². The van der Waals surface area contributed by atoms with Gasteiger partial charge in [-0.15, -0.1) is 0 Å². The number of phenols is 1. The Kier molecular flexibility index (Phi) is 22.7. The largest absolute Gasteiger partial charge is 0.508 e. The van der Waals surface area contributed by atoms with E-state index < -0.39 is 122 Å². The van der Waals surface area contributed by atoms with Crippen molar-refractivity contribution in [2.24, 2.45) is 35.0 Å². The normalized spacial score (nSPS) is 23.8. The van der Waals surface area contributed by atoms with Crippen LogP contribution < -0.4 is 43.8 Å². The van der Waals surface area contributed by atoms with Crippen molar-refractivity contribution in [2.75, 3.05) is 38.5 Å². The number of carbonyl (C=O) groups excluding carboxylic acids is 8. The van der Waals surface area contributed by atoms with Crippen LogP contribution in [0.3, 0.4) is 0 Å². The molecule has 0 saturated carbocycles. The molecule has 1 fully saturated rings. The van der Waals surface area contributed by atoms with Crippen molar-refractivity contribution in [3.05, 3.63) is 35.4 Å². The molecule has 0 aliphatic carbocycles. The summed E-state index contributed by atoms with van der Waals surface area (Å²) in [6.45, 7) is 9.39. The number of primary amides is 1. The first-order chi connectivity index (χ1) is 31.7. The predicted octanol–water partition coefficient (Wildman–Crippen LogP) is -2.19. The van der Waals surface area contributed by atoms with E-state index in [-0.39, 0.29) is 55.4 Å². The number of nitrogens with zero attached hydrogens (tertiary/aromatic N) is 1. The highest BCUT2D eigenvalue weighted by Gasteiger charge is 2.44. The molecule has 1 aromatic carbocycles. The lowest BCUT2D eigenvalue weighted by Gasteiger charge is -2.33. The summed E-state index contributed by atoms with van der Waals surface area (Å²) in [5.74, 6) is -7.88. The van der Waals surface area contributed by atoms with Crippen LogP contribution in [0.25, 0.3) is 5.57 Å². The zero-order valence-electron chi connectivity index (χ0n) is 38.9. The molecule has 2 aliphatic heterocycles. The van der Waals surface area contributed by atoms with E-state index in [9.17, 15) is 58.8 Å². The van der Waals surface area contributed by atoms with E-state index in [4.69, 9.17) is 17.2 Å². The molecule has 0 spiro atoms. The van der Waals surface area contributed by atoms with E-state index in [0.29, 0.717) is 41.0 Å². The van der Waals surface area contributed by atoms with Gasteiger partial charge in [-0.25, -0.2) is 0 Å². The average molecular weight is 962 g/mol. The molecule has 5 unspecified atom stereocenters. The van der Waals surface area contributed by atoms with Gasteiger partial charge in [-0.05, 0) is 67.2 Å². The number of ketones is 1. The summed E-state index contributed by atoms with van der Waals surface area (Å²) in [6, 6.07) is -3.92. The zero-order valence-corrected chi connectivity index (χ0v) is 39.7. The van der Waals surface area contributed by atoms with Gasteiger partial charge in [-0.3, -0.25) is 38.4 Å². The van der Waals surface area contributed by atoms with Gasteiger partial charge in [0.15, 0.2) is 0 Å². The van der Waals surface area contributed by atoms with Gasteiger partial charge in [0.2, 0.25) is 41.4 Å². The molecule has 1 saturated heterocycles. The Labute approximate surface area is 395 Å². The van der Waals surface area contributed by atoms with Gasteiger partial charge in [0.25, 0.3) is 0 Å². The van der Waals surface area contributed by atoms with E-state index in [1.54, 1.807) is 19.9 Å². The Morgan fingerprint density at radius 2 is 1.72 bits per heavy atom. The summed E-state index contributed by atoms with van der Waals surface area (Å²) in [7, 11) is 0. The van der Waals surface area contributed by atoms with Crippen molar-refractivity contribution in [1.29, 1.82) is 0 Å². The van der Waals surface area contributed by atoms with Crippen LogP contribution in [-0.2, 0) is 50.5 Å². The number of amides is 7. The fourth-order valence-corrected chi connectivity index (χ4v) is 9.25. The van der Waals surface area contributed by atoms with E-state index in [1.807, 2.05) is 6.92 Å². The Morgan fingerprint density at radius 1 is 1.01 bits per heavy atom. The molecule has 2 heterocycles. The number of hydrogen-bond donors (Lipinski definition) is 12.